The first-order valence-electron chi connectivity index (χ1n) is 11.8. The molecule has 0 rings (SSSR count). The molecule has 0 heteroatoms. The Labute approximate surface area is 176 Å². The molecule has 0 aliphatic rings. The summed E-state index contributed by atoms with van der Waals surface area (Å²) in [6, 6.07) is 0. The van der Waals surface area contributed by atoms with Gasteiger partial charge in [0.25, 0.3) is 0 Å². The summed E-state index contributed by atoms with van der Waals surface area (Å²) in [5.74, 6) is 0. The summed E-state index contributed by atoms with van der Waals surface area (Å²) in [7, 11) is 0. The molecule has 0 aromatic rings. The number of hydrogen-bond acceptors (Lipinski definition) is 0. The summed E-state index contributed by atoms with van der Waals surface area (Å²) < 4.78 is 0. The Morgan fingerprint density at radius 3 is 1.11 bits per heavy atom. The highest BCUT2D eigenvalue weighted by atomic mass is 13.9. The van der Waals surface area contributed by atoms with Gasteiger partial charge in [0.05, 0.1) is 0 Å². The molecule has 166 valence electrons. The SMILES string of the molecule is C=C/C(C)=C(C)\C=C/C.CCC.CCCC.CCCC.CCCCCCC. The molecule has 0 amide bonds. The van der Waals surface area contributed by atoms with Gasteiger partial charge in [-0.3, -0.25) is 0 Å². The van der Waals surface area contributed by atoms with Crippen LogP contribution in [0.1, 0.15) is 140 Å². The predicted molar refractivity (Wildman–Crippen MR) is 135 cm³/mol. The van der Waals surface area contributed by atoms with Gasteiger partial charge in [0.1, 0.15) is 0 Å². The molecule has 0 fully saturated rings. The fraction of sp³-hybridized carbons (Fsp3) is 0.778. The lowest BCUT2D eigenvalue weighted by Gasteiger charge is -1.93. The van der Waals surface area contributed by atoms with Crippen LogP contribution >= 0.6 is 0 Å². The average Bonchev–Trinajstić information content (AvgIpc) is 2.69. The summed E-state index contributed by atoms with van der Waals surface area (Å²) in [6.07, 6.45) is 19.5. The van der Waals surface area contributed by atoms with Crippen LogP contribution in [0.3, 0.4) is 0 Å². The molecular weight excluding hydrogens is 324 g/mol. The van der Waals surface area contributed by atoms with Crippen molar-refractivity contribution in [1.29, 1.82) is 0 Å². The first kappa shape index (κ1) is 37.0. The zero-order valence-corrected chi connectivity index (χ0v) is 21.5. The fourth-order valence-electron chi connectivity index (χ4n) is 1.22. The molecule has 0 saturated carbocycles. The first-order chi connectivity index (χ1) is 12.9. The van der Waals surface area contributed by atoms with Crippen LogP contribution in [0.15, 0.2) is 36.0 Å². The highest BCUT2D eigenvalue weighted by Crippen LogP contribution is 2.04. The summed E-state index contributed by atoms with van der Waals surface area (Å²) >= 11 is 0. The number of hydrogen-bond donors (Lipinski definition) is 0. The summed E-state index contributed by atoms with van der Waals surface area (Å²) in [4.78, 5) is 0. The van der Waals surface area contributed by atoms with E-state index < -0.39 is 0 Å². The molecule has 0 heterocycles. The summed E-state index contributed by atoms with van der Waals surface area (Å²) in [5.41, 5.74) is 2.53. The normalized spacial score (nSPS) is 9.89. The monoisotopic (exact) mass is 382 g/mol. The van der Waals surface area contributed by atoms with Crippen molar-refractivity contribution in [3.8, 4) is 0 Å². The number of rotatable bonds is 8. The molecule has 0 saturated heterocycles. The molecule has 0 radical (unpaired) electrons. The maximum atomic E-state index is 3.67. The maximum Gasteiger partial charge on any atom is -0.0395 e. The maximum absolute atomic E-state index is 3.67. The van der Waals surface area contributed by atoms with Crippen molar-refractivity contribution < 1.29 is 0 Å². The van der Waals surface area contributed by atoms with Gasteiger partial charge in [0, 0.05) is 0 Å². The Morgan fingerprint density at radius 2 is 0.926 bits per heavy atom. The van der Waals surface area contributed by atoms with Crippen molar-refractivity contribution in [2.75, 3.05) is 0 Å². The number of unbranched alkanes of at least 4 members (excludes halogenated alkanes) is 6. The van der Waals surface area contributed by atoms with Gasteiger partial charge in [-0.25, -0.2) is 0 Å². The van der Waals surface area contributed by atoms with E-state index in [4.69, 9.17) is 0 Å². The minimum Gasteiger partial charge on any atom is -0.0988 e. The highest BCUT2D eigenvalue weighted by Gasteiger charge is 1.83. The lowest BCUT2D eigenvalue weighted by molar-refractivity contribution is 0.656. The molecule has 0 aliphatic carbocycles. The minimum absolute atomic E-state index is 1.24. The van der Waals surface area contributed by atoms with Gasteiger partial charge < -0.3 is 0 Å². The van der Waals surface area contributed by atoms with Gasteiger partial charge in [-0.2, -0.15) is 0 Å². The van der Waals surface area contributed by atoms with Crippen LogP contribution in [0.25, 0.3) is 0 Å². The van der Waals surface area contributed by atoms with Crippen molar-refractivity contribution in [3.63, 3.8) is 0 Å². The van der Waals surface area contributed by atoms with E-state index in [1.165, 1.54) is 75.4 Å². The first-order valence-corrected chi connectivity index (χ1v) is 11.8. The molecule has 0 aromatic heterocycles. The van der Waals surface area contributed by atoms with Crippen molar-refractivity contribution in [2.24, 2.45) is 0 Å². The molecule has 0 bridgehead atoms. The average molecular weight is 383 g/mol. The Morgan fingerprint density at radius 1 is 0.593 bits per heavy atom. The van der Waals surface area contributed by atoms with E-state index in [0.717, 1.165) is 0 Å². The van der Waals surface area contributed by atoms with Crippen molar-refractivity contribution in [2.45, 2.75) is 140 Å². The third-order valence-electron chi connectivity index (χ3n) is 3.55. The van der Waals surface area contributed by atoms with Crippen LogP contribution in [0.5, 0.6) is 0 Å². The molecule has 27 heavy (non-hydrogen) atoms. The predicted octanol–water partition coefficient (Wildman–Crippen LogP) is 11.1. The van der Waals surface area contributed by atoms with Crippen LogP contribution in [-0.2, 0) is 0 Å². The second-order valence-electron chi connectivity index (χ2n) is 6.84. The second kappa shape index (κ2) is 44.6. The van der Waals surface area contributed by atoms with Crippen LogP contribution in [-0.4, -0.2) is 0 Å². The largest absolute Gasteiger partial charge is 0.0988 e. The topological polar surface area (TPSA) is 0 Å². The second-order valence-corrected chi connectivity index (χ2v) is 6.84. The van der Waals surface area contributed by atoms with Crippen LogP contribution in [0, 0.1) is 0 Å². The fourth-order valence-corrected chi connectivity index (χ4v) is 1.22. The van der Waals surface area contributed by atoms with E-state index in [2.05, 4.69) is 81.9 Å². The Balaban J connectivity index is -0.0000000798. The van der Waals surface area contributed by atoms with Crippen molar-refractivity contribution in [1.82, 2.24) is 0 Å². The zero-order chi connectivity index (χ0) is 22.3. The van der Waals surface area contributed by atoms with Gasteiger partial charge in [0.2, 0.25) is 0 Å². The van der Waals surface area contributed by atoms with E-state index in [0.29, 0.717) is 0 Å². The lowest BCUT2D eigenvalue weighted by atomic mass is 10.1. The Hall–Kier alpha value is -0.780. The van der Waals surface area contributed by atoms with E-state index in [1.54, 1.807) is 0 Å². The Bertz CT molecular complexity index is 256. The van der Waals surface area contributed by atoms with Crippen LogP contribution < -0.4 is 0 Å². The zero-order valence-electron chi connectivity index (χ0n) is 21.5. The lowest BCUT2D eigenvalue weighted by Crippen LogP contribution is -1.73. The van der Waals surface area contributed by atoms with Crippen LogP contribution in [0.2, 0.25) is 0 Å². The highest BCUT2D eigenvalue weighted by molar-refractivity contribution is 5.28. The quantitative estimate of drug-likeness (QED) is 0.289. The summed E-state index contributed by atoms with van der Waals surface area (Å²) in [5, 5.41) is 0. The molecule has 0 spiro atoms. The van der Waals surface area contributed by atoms with E-state index in [-0.39, 0.29) is 0 Å². The van der Waals surface area contributed by atoms with E-state index >= 15 is 0 Å². The molecular formula is C27H58. The minimum atomic E-state index is 1.24. The molecule has 0 aromatic carbocycles. The van der Waals surface area contributed by atoms with Crippen molar-refractivity contribution >= 4 is 0 Å². The van der Waals surface area contributed by atoms with Gasteiger partial charge in [-0.05, 0) is 31.9 Å². The van der Waals surface area contributed by atoms with E-state index in [1.807, 2.05) is 19.1 Å². The third-order valence-corrected chi connectivity index (χ3v) is 3.55. The standard InChI is InChI=1S/C9H14.C7H16.2C4H10.C3H8/c1-5-7-9(4)8(3)6-2;1-3-5-7-6-4-2;2*1-3-4-2;1-3-2/h5-7H,2H2,1,3-4H3;3-7H2,1-2H3;2*3-4H2,1-2H3;3H2,1-2H3/b7-5-,9-8-;;;;. The summed E-state index contributed by atoms with van der Waals surface area (Å²) in [6.45, 7) is 27.3. The van der Waals surface area contributed by atoms with Gasteiger partial charge in [-0.1, -0.05) is 144 Å². The molecule has 0 aliphatic heterocycles. The smallest absolute Gasteiger partial charge is 0.0395 e. The molecule has 0 atom stereocenters. The van der Waals surface area contributed by atoms with Gasteiger partial charge in [0.15, 0.2) is 0 Å². The third kappa shape index (κ3) is 67.2. The number of allylic oxidation sites excluding steroid dienone is 5. The molecule has 0 N–H and O–H groups in total. The van der Waals surface area contributed by atoms with Gasteiger partial charge >= 0.3 is 0 Å². The van der Waals surface area contributed by atoms with Crippen molar-refractivity contribution in [3.05, 3.63) is 36.0 Å². The molecule has 0 nitrogen and oxygen atoms in total. The van der Waals surface area contributed by atoms with Crippen LogP contribution in [0.4, 0.5) is 0 Å². The Kier molecular flexibility index (Phi) is 61.1. The molecule has 0 unspecified atom stereocenters. The van der Waals surface area contributed by atoms with Gasteiger partial charge in [-0.15, -0.1) is 0 Å². The van der Waals surface area contributed by atoms with E-state index in [9.17, 15) is 0 Å².